The SMILES string of the molecule is Cc1cc(C(=O)Nc2cc(C3CCCCN3C(=O)c3cc(-c4ccccc4)on3)[nH]n2)cc2cn[nH]c12. The van der Waals surface area contributed by atoms with Gasteiger partial charge in [-0.3, -0.25) is 19.8 Å². The minimum atomic E-state index is -0.267. The van der Waals surface area contributed by atoms with Crippen molar-refractivity contribution in [3.63, 3.8) is 0 Å². The number of piperidine rings is 1. The molecule has 3 aromatic heterocycles. The summed E-state index contributed by atoms with van der Waals surface area (Å²) in [6.07, 6.45) is 4.35. The summed E-state index contributed by atoms with van der Waals surface area (Å²) in [6, 6.07) is 16.4. The predicted molar refractivity (Wildman–Crippen MR) is 137 cm³/mol. The second-order valence-electron chi connectivity index (χ2n) is 9.24. The van der Waals surface area contributed by atoms with Gasteiger partial charge >= 0.3 is 0 Å². The second kappa shape index (κ2) is 9.38. The van der Waals surface area contributed by atoms with Gasteiger partial charge in [0.1, 0.15) is 0 Å². The summed E-state index contributed by atoms with van der Waals surface area (Å²) in [5.74, 6) is 0.486. The minimum Gasteiger partial charge on any atom is -0.355 e. The first-order valence-corrected chi connectivity index (χ1v) is 12.2. The molecule has 1 saturated heterocycles. The maximum absolute atomic E-state index is 13.4. The molecule has 0 bridgehead atoms. The maximum Gasteiger partial charge on any atom is 0.276 e. The van der Waals surface area contributed by atoms with Crippen LogP contribution in [0.3, 0.4) is 0 Å². The summed E-state index contributed by atoms with van der Waals surface area (Å²) in [5.41, 5.74) is 4.25. The number of hydrogen-bond acceptors (Lipinski definition) is 6. The smallest absolute Gasteiger partial charge is 0.276 e. The molecular formula is C27H25N7O3. The van der Waals surface area contributed by atoms with Crippen molar-refractivity contribution in [2.24, 2.45) is 0 Å². The lowest BCUT2D eigenvalue weighted by atomic mass is 9.98. The number of aromatic amines is 2. The summed E-state index contributed by atoms with van der Waals surface area (Å²) < 4.78 is 5.45. The van der Waals surface area contributed by atoms with Crippen LogP contribution in [0.1, 0.15) is 57.4 Å². The van der Waals surface area contributed by atoms with Crippen molar-refractivity contribution in [1.82, 2.24) is 30.5 Å². The molecule has 2 amide bonds. The highest BCUT2D eigenvalue weighted by Crippen LogP contribution is 2.33. The fraction of sp³-hybridized carbons (Fsp3) is 0.222. The molecule has 10 heteroatoms. The first-order chi connectivity index (χ1) is 18.1. The van der Waals surface area contributed by atoms with Gasteiger partial charge in [-0.1, -0.05) is 35.5 Å². The van der Waals surface area contributed by atoms with Crippen LogP contribution in [0.15, 0.2) is 65.3 Å². The fourth-order valence-corrected chi connectivity index (χ4v) is 4.89. The van der Waals surface area contributed by atoms with E-state index in [0.717, 1.165) is 47.0 Å². The molecule has 2 aromatic carbocycles. The molecule has 1 unspecified atom stereocenters. The predicted octanol–water partition coefficient (Wildman–Crippen LogP) is 4.87. The molecule has 1 aliphatic heterocycles. The Bertz CT molecular complexity index is 1580. The molecule has 4 heterocycles. The molecule has 186 valence electrons. The third-order valence-corrected chi connectivity index (χ3v) is 6.76. The maximum atomic E-state index is 13.4. The first-order valence-electron chi connectivity index (χ1n) is 12.2. The Kier molecular flexibility index (Phi) is 5.76. The summed E-state index contributed by atoms with van der Waals surface area (Å²) >= 11 is 0. The standard InChI is InChI=1S/C27H25N7O3/c1-16-11-18(12-19-15-28-32-25(16)19)26(35)29-24-14-20(30-31-24)22-9-5-6-10-34(22)27(36)21-13-23(37-33-21)17-7-3-2-4-8-17/h2-4,7-8,11-15,22H,5-6,9-10H2,1H3,(H,28,32)(H2,29,30,31,35). The van der Waals surface area contributed by atoms with Gasteiger partial charge in [0.15, 0.2) is 17.3 Å². The van der Waals surface area contributed by atoms with E-state index < -0.39 is 0 Å². The van der Waals surface area contributed by atoms with E-state index in [-0.39, 0.29) is 23.6 Å². The van der Waals surface area contributed by atoms with Crippen LogP contribution in [-0.2, 0) is 0 Å². The van der Waals surface area contributed by atoms with Crippen molar-refractivity contribution in [2.75, 3.05) is 11.9 Å². The van der Waals surface area contributed by atoms with Crippen molar-refractivity contribution in [3.05, 3.63) is 83.3 Å². The van der Waals surface area contributed by atoms with Crippen LogP contribution in [-0.4, -0.2) is 48.8 Å². The number of amides is 2. The van der Waals surface area contributed by atoms with E-state index in [1.807, 2.05) is 43.3 Å². The summed E-state index contributed by atoms with van der Waals surface area (Å²) in [5, 5.41) is 22.1. The number of hydrogen-bond donors (Lipinski definition) is 3. The lowest BCUT2D eigenvalue weighted by Crippen LogP contribution is -2.38. The largest absolute Gasteiger partial charge is 0.355 e. The number of benzene rings is 2. The highest BCUT2D eigenvalue weighted by atomic mass is 16.5. The normalized spacial score (nSPS) is 15.7. The van der Waals surface area contributed by atoms with E-state index in [9.17, 15) is 9.59 Å². The van der Waals surface area contributed by atoms with Gasteiger partial charge in [0.05, 0.1) is 23.4 Å². The number of carbonyl (C=O) groups is 2. The number of nitrogens with zero attached hydrogens (tertiary/aromatic N) is 4. The Morgan fingerprint density at radius 3 is 2.81 bits per heavy atom. The number of fused-ring (bicyclic) bond motifs is 1. The van der Waals surface area contributed by atoms with Gasteiger partial charge in [0.25, 0.3) is 11.8 Å². The van der Waals surface area contributed by atoms with E-state index >= 15 is 0 Å². The Balaban J connectivity index is 1.19. The Labute approximate surface area is 212 Å². The van der Waals surface area contributed by atoms with Crippen molar-refractivity contribution >= 4 is 28.5 Å². The number of anilines is 1. The highest BCUT2D eigenvalue weighted by Gasteiger charge is 2.32. The van der Waals surface area contributed by atoms with Crippen LogP contribution < -0.4 is 5.32 Å². The van der Waals surface area contributed by atoms with Gasteiger partial charge in [-0.2, -0.15) is 10.2 Å². The Hall–Kier alpha value is -4.73. The molecule has 37 heavy (non-hydrogen) atoms. The first kappa shape index (κ1) is 22.7. The van der Waals surface area contributed by atoms with E-state index in [0.29, 0.717) is 23.7 Å². The van der Waals surface area contributed by atoms with Gasteiger partial charge in [-0.15, -0.1) is 0 Å². The molecule has 5 aromatic rings. The van der Waals surface area contributed by atoms with Crippen LogP contribution in [0.25, 0.3) is 22.2 Å². The zero-order valence-corrected chi connectivity index (χ0v) is 20.2. The molecule has 0 aliphatic carbocycles. The molecule has 1 aliphatic rings. The quantitative estimate of drug-likeness (QED) is 0.319. The second-order valence-corrected chi connectivity index (χ2v) is 9.24. The van der Waals surface area contributed by atoms with E-state index in [4.69, 9.17) is 4.52 Å². The fourth-order valence-electron chi connectivity index (χ4n) is 4.89. The topological polar surface area (TPSA) is 133 Å². The van der Waals surface area contributed by atoms with E-state index in [1.165, 1.54) is 0 Å². The van der Waals surface area contributed by atoms with E-state index in [2.05, 4.69) is 30.9 Å². The van der Waals surface area contributed by atoms with Gasteiger partial charge in [-0.25, -0.2) is 0 Å². The molecule has 10 nitrogen and oxygen atoms in total. The molecule has 0 radical (unpaired) electrons. The molecule has 6 rings (SSSR count). The molecule has 0 spiro atoms. The third kappa shape index (κ3) is 4.37. The number of H-pyrrole nitrogens is 2. The number of nitrogens with one attached hydrogen (secondary N) is 3. The zero-order valence-electron chi connectivity index (χ0n) is 20.2. The van der Waals surface area contributed by atoms with Crippen molar-refractivity contribution in [2.45, 2.75) is 32.2 Å². The number of aryl methyl sites for hydroxylation is 1. The number of aromatic nitrogens is 5. The minimum absolute atomic E-state index is 0.195. The number of likely N-dealkylation sites (tertiary alicyclic amines) is 1. The van der Waals surface area contributed by atoms with Crippen LogP contribution in [0.2, 0.25) is 0 Å². The lowest BCUT2D eigenvalue weighted by Gasteiger charge is -2.34. The lowest BCUT2D eigenvalue weighted by molar-refractivity contribution is 0.0595. The molecule has 3 N–H and O–H groups in total. The van der Waals surface area contributed by atoms with Crippen LogP contribution in [0.4, 0.5) is 5.82 Å². The Morgan fingerprint density at radius 2 is 1.95 bits per heavy atom. The van der Waals surface area contributed by atoms with Crippen molar-refractivity contribution < 1.29 is 14.1 Å². The Morgan fingerprint density at radius 1 is 1.08 bits per heavy atom. The van der Waals surface area contributed by atoms with E-state index in [1.54, 1.807) is 29.3 Å². The molecule has 1 atom stereocenters. The third-order valence-electron chi connectivity index (χ3n) is 6.76. The average Bonchev–Trinajstić information content (AvgIpc) is 3.70. The summed E-state index contributed by atoms with van der Waals surface area (Å²) in [4.78, 5) is 28.1. The van der Waals surface area contributed by atoms with Gasteiger partial charge in [-0.05, 0) is 43.9 Å². The molecule has 1 fully saturated rings. The molecule has 0 saturated carbocycles. The average molecular weight is 496 g/mol. The van der Waals surface area contributed by atoms with Crippen LogP contribution in [0.5, 0.6) is 0 Å². The van der Waals surface area contributed by atoms with Gasteiger partial charge in [0.2, 0.25) is 0 Å². The monoisotopic (exact) mass is 495 g/mol. The molecular weight excluding hydrogens is 470 g/mol. The van der Waals surface area contributed by atoms with Gasteiger partial charge in [0, 0.05) is 35.2 Å². The van der Waals surface area contributed by atoms with Gasteiger partial charge < -0.3 is 14.7 Å². The van der Waals surface area contributed by atoms with Crippen molar-refractivity contribution in [3.8, 4) is 11.3 Å². The van der Waals surface area contributed by atoms with Crippen LogP contribution in [0, 0.1) is 6.92 Å². The van der Waals surface area contributed by atoms with Crippen molar-refractivity contribution in [1.29, 1.82) is 0 Å². The summed E-state index contributed by atoms with van der Waals surface area (Å²) in [7, 11) is 0. The van der Waals surface area contributed by atoms with Crippen LogP contribution >= 0.6 is 0 Å². The highest BCUT2D eigenvalue weighted by molar-refractivity contribution is 6.06. The number of rotatable bonds is 5. The zero-order chi connectivity index (χ0) is 25.4. The number of carbonyl (C=O) groups excluding carboxylic acids is 2. The summed E-state index contributed by atoms with van der Waals surface area (Å²) in [6.45, 7) is 2.53.